The van der Waals surface area contributed by atoms with Crippen LogP contribution in [0.1, 0.15) is 6.42 Å². The Balaban J connectivity index is 2.24. The van der Waals surface area contributed by atoms with Crippen LogP contribution < -0.4 is 5.32 Å². The molecule has 0 spiro atoms. The molecular weight excluding hydrogens is 172 g/mol. The van der Waals surface area contributed by atoms with Gasteiger partial charge in [0.25, 0.3) is 0 Å². The molecular formula is C8H14N2O3. The number of ether oxygens (including phenoxy) is 1. The average Bonchev–Trinajstić information content (AvgIpc) is 2.42. The van der Waals surface area contributed by atoms with E-state index in [0.29, 0.717) is 19.5 Å². The minimum atomic E-state index is -0.443. The van der Waals surface area contributed by atoms with Gasteiger partial charge >= 0.3 is 6.09 Å². The summed E-state index contributed by atoms with van der Waals surface area (Å²) >= 11 is 0. The lowest BCUT2D eigenvalue weighted by Crippen LogP contribution is -2.30. The van der Waals surface area contributed by atoms with E-state index in [1.54, 1.807) is 11.9 Å². The number of likely N-dealkylation sites (tertiary alicyclic amines) is 1. The molecule has 1 N–H and O–H groups in total. The highest BCUT2D eigenvalue weighted by Crippen LogP contribution is 2.14. The van der Waals surface area contributed by atoms with E-state index in [-0.39, 0.29) is 11.8 Å². The molecule has 1 fully saturated rings. The summed E-state index contributed by atoms with van der Waals surface area (Å²) in [7, 11) is 3.09. The minimum Gasteiger partial charge on any atom is -0.453 e. The van der Waals surface area contributed by atoms with Crippen molar-refractivity contribution in [1.82, 2.24) is 10.2 Å². The van der Waals surface area contributed by atoms with Gasteiger partial charge in [0.15, 0.2) is 0 Å². The second kappa shape index (κ2) is 4.11. The van der Waals surface area contributed by atoms with Crippen molar-refractivity contribution < 1.29 is 14.3 Å². The maximum absolute atomic E-state index is 11.1. The van der Waals surface area contributed by atoms with E-state index in [9.17, 15) is 9.59 Å². The van der Waals surface area contributed by atoms with Crippen molar-refractivity contribution in [1.29, 1.82) is 0 Å². The molecule has 2 amide bonds. The van der Waals surface area contributed by atoms with Gasteiger partial charge in [0.05, 0.1) is 7.11 Å². The number of alkyl carbamates (subject to hydrolysis) is 1. The highest BCUT2D eigenvalue weighted by atomic mass is 16.5. The number of carbonyl (C=O) groups is 2. The summed E-state index contributed by atoms with van der Waals surface area (Å²) in [6, 6.07) is 0. The molecule has 74 valence electrons. The molecule has 1 heterocycles. The Bertz CT molecular complexity index is 217. The fourth-order valence-electron chi connectivity index (χ4n) is 1.39. The Kier molecular flexibility index (Phi) is 3.11. The van der Waals surface area contributed by atoms with Crippen molar-refractivity contribution in [2.45, 2.75) is 6.42 Å². The Labute approximate surface area is 77.0 Å². The van der Waals surface area contributed by atoms with Crippen LogP contribution in [0.3, 0.4) is 0 Å². The number of rotatable bonds is 2. The van der Waals surface area contributed by atoms with Crippen LogP contribution in [0.25, 0.3) is 0 Å². The number of nitrogens with zero attached hydrogens (tertiary/aromatic N) is 1. The van der Waals surface area contributed by atoms with Crippen LogP contribution in [0.4, 0.5) is 4.79 Å². The molecule has 13 heavy (non-hydrogen) atoms. The van der Waals surface area contributed by atoms with Crippen LogP contribution >= 0.6 is 0 Å². The van der Waals surface area contributed by atoms with E-state index in [1.807, 2.05) is 0 Å². The smallest absolute Gasteiger partial charge is 0.406 e. The van der Waals surface area contributed by atoms with Crippen LogP contribution in [0.15, 0.2) is 0 Å². The predicted octanol–water partition coefficient (Wildman–Crippen LogP) is -0.179. The Morgan fingerprint density at radius 2 is 2.46 bits per heavy atom. The average molecular weight is 186 g/mol. The molecule has 1 unspecified atom stereocenters. The van der Waals surface area contributed by atoms with Crippen molar-refractivity contribution >= 4 is 12.0 Å². The fourth-order valence-corrected chi connectivity index (χ4v) is 1.39. The summed E-state index contributed by atoms with van der Waals surface area (Å²) in [5.74, 6) is 0.355. The molecule has 1 aliphatic rings. The molecule has 0 radical (unpaired) electrons. The topological polar surface area (TPSA) is 58.6 Å². The molecule has 0 saturated carbocycles. The zero-order valence-electron chi connectivity index (χ0n) is 7.87. The summed E-state index contributed by atoms with van der Waals surface area (Å²) in [6.07, 6.45) is 0.0718. The predicted molar refractivity (Wildman–Crippen MR) is 46.2 cm³/mol. The normalized spacial score (nSPS) is 21.8. The second-order valence-electron chi connectivity index (χ2n) is 3.22. The Morgan fingerprint density at radius 3 is 2.92 bits per heavy atom. The standard InChI is InChI=1S/C8H14N2O3/c1-10-5-6(3-7(10)11)4-9-8(12)13-2/h6H,3-5H2,1-2H3,(H,9,12). The number of nitrogens with one attached hydrogen (secondary N) is 1. The third kappa shape index (κ3) is 2.61. The molecule has 1 rings (SSSR count). The van der Waals surface area contributed by atoms with Crippen molar-refractivity contribution in [2.75, 3.05) is 27.2 Å². The molecule has 0 aromatic rings. The molecule has 0 aromatic carbocycles. The Morgan fingerprint density at radius 1 is 1.77 bits per heavy atom. The second-order valence-corrected chi connectivity index (χ2v) is 3.22. The van der Waals surface area contributed by atoms with E-state index >= 15 is 0 Å². The molecule has 0 aromatic heterocycles. The SMILES string of the molecule is COC(=O)NCC1CC(=O)N(C)C1. The van der Waals surface area contributed by atoms with Gasteiger partial charge in [-0.15, -0.1) is 0 Å². The van der Waals surface area contributed by atoms with Crippen molar-refractivity contribution in [3.05, 3.63) is 0 Å². The van der Waals surface area contributed by atoms with Gasteiger partial charge in [-0.25, -0.2) is 4.79 Å². The first kappa shape index (κ1) is 9.83. The highest BCUT2D eigenvalue weighted by molar-refractivity contribution is 5.78. The zero-order valence-corrected chi connectivity index (χ0v) is 7.87. The molecule has 1 saturated heterocycles. The number of amides is 2. The lowest BCUT2D eigenvalue weighted by Gasteiger charge is -2.10. The number of hydrogen-bond acceptors (Lipinski definition) is 3. The lowest BCUT2D eigenvalue weighted by atomic mass is 10.1. The Hall–Kier alpha value is -1.26. The van der Waals surface area contributed by atoms with Crippen LogP contribution in [0.2, 0.25) is 0 Å². The number of methoxy groups -OCH3 is 1. The summed E-state index contributed by atoms with van der Waals surface area (Å²) in [5.41, 5.74) is 0. The third-order valence-electron chi connectivity index (χ3n) is 2.14. The summed E-state index contributed by atoms with van der Waals surface area (Å²) in [6.45, 7) is 1.21. The van der Waals surface area contributed by atoms with E-state index in [4.69, 9.17) is 0 Å². The maximum Gasteiger partial charge on any atom is 0.406 e. The number of hydrogen-bond donors (Lipinski definition) is 1. The van der Waals surface area contributed by atoms with E-state index in [1.165, 1.54) is 7.11 Å². The molecule has 0 aliphatic carbocycles. The monoisotopic (exact) mass is 186 g/mol. The van der Waals surface area contributed by atoms with Crippen molar-refractivity contribution in [3.63, 3.8) is 0 Å². The first-order chi connectivity index (χ1) is 6.13. The quantitative estimate of drug-likeness (QED) is 0.651. The van der Waals surface area contributed by atoms with Gasteiger partial charge in [0.1, 0.15) is 0 Å². The highest BCUT2D eigenvalue weighted by Gasteiger charge is 2.26. The van der Waals surface area contributed by atoms with E-state index in [0.717, 1.165) is 0 Å². The molecule has 0 bridgehead atoms. The lowest BCUT2D eigenvalue weighted by molar-refractivity contribution is -0.126. The van der Waals surface area contributed by atoms with Crippen molar-refractivity contribution in [2.24, 2.45) is 5.92 Å². The van der Waals surface area contributed by atoms with Crippen LogP contribution in [0.5, 0.6) is 0 Å². The van der Waals surface area contributed by atoms with Gasteiger partial charge in [-0.2, -0.15) is 0 Å². The largest absolute Gasteiger partial charge is 0.453 e. The molecule has 1 aliphatic heterocycles. The summed E-state index contributed by atoms with van der Waals surface area (Å²) in [4.78, 5) is 23.5. The van der Waals surface area contributed by atoms with E-state index < -0.39 is 6.09 Å². The van der Waals surface area contributed by atoms with Crippen molar-refractivity contribution in [3.8, 4) is 0 Å². The third-order valence-corrected chi connectivity index (χ3v) is 2.14. The summed E-state index contributed by atoms with van der Waals surface area (Å²) < 4.78 is 4.42. The van der Waals surface area contributed by atoms with Gasteiger partial charge in [-0.05, 0) is 0 Å². The van der Waals surface area contributed by atoms with Gasteiger partial charge in [-0.3, -0.25) is 4.79 Å². The van der Waals surface area contributed by atoms with Crippen LogP contribution in [0, 0.1) is 5.92 Å². The molecule has 5 nitrogen and oxygen atoms in total. The molecule has 5 heteroatoms. The van der Waals surface area contributed by atoms with Gasteiger partial charge in [0.2, 0.25) is 5.91 Å². The first-order valence-corrected chi connectivity index (χ1v) is 4.19. The first-order valence-electron chi connectivity index (χ1n) is 4.19. The maximum atomic E-state index is 11.1. The van der Waals surface area contributed by atoms with Crippen LogP contribution in [-0.4, -0.2) is 44.1 Å². The van der Waals surface area contributed by atoms with Gasteiger partial charge in [0, 0.05) is 32.5 Å². The fraction of sp³-hybridized carbons (Fsp3) is 0.750. The van der Waals surface area contributed by atoms with Crippen LogP contribution in [-0.2, 0) is 9.53 Å². The van der Waals surface area contributed by atoms with Gasteiger partial charge in [-0.1, -0.05) is 0 Å². The van der Waals surface area contributed by atoms with E-state index in [2.05, 4.69) is 10.1 Å². The minimum absolute atomic E-state index is 0.136. The summed E-state index contributed by atoms with van der Waals surface area (Å²) in [5, 5.41) is 2.58. The number of carbonyl (C=O) groups excluding carboxylic acids is 2. The zero-order chi connectivity index (χ0) is 9.84. The molecule has 1 atom stereocenters. The van der Waals surface area contributed by atoms with Gasteiger partial charge < -0.3 is 15.0 Å².